The third kappa shape index (κ3) is 2.92. The first kappa shape index (κ1) is 11.3. The van der Waals surface area contributed by atoms with Crippen molar-refractivity contribution in [1.29, 1.82) is 0 Å². The summed E-state index contributed by atoms with van der Waals surface area (Å²) in [5.41, 5.74) is 1.17. The molecule has 1 aromatic rings. The molecule has 0 radical (unpaired) electrons. The summed E-state index contributed by atoms with van der Waals surface area (Å²) in [6.45, 7) is 0. The van der Waals surface area contributed by atoms with E-state index in [4.69, 9.17) is 0 Å². The van der Waals surface area contributed by atoms with Gasteiger partial charge >= 0.3 is 0 Å². The lowest BCUT2D eigenvalue weighted by molar-refractivity contribution is -0.121. The lowest BCUT2D eigenvalue weighted by Gasteiger charge is -2.26. The van der Waals surface area contributed by atoms with Gasteiger partial charge in [0.05, 0.1) is 6.10 Å². The van der Waals surface area contributed by atoms with Gasteiger partial charge in [0.25, 0.3) is 0 Å². The lowest BCUT2D eigenvalue weighted by Crippen LogP contribution is -2.27. The Morgan fingerprint density at radius 1 is 1.19 bits per heavy atom. The average Bonchev–Trinajstić information content (AvgIpc) is 2.31. The van der Waals surface area contributed by atoms with Crippen LogP contribution in [0.3, 0.4) is 0 Å². The van der Waals surface area contributed by atoms with Crippen molar-refractivity contribution in [3.63, 3.8) is 0 Å². The van der Waals surface area contributed by atoms with Crippen LogP contribution in [0.25, 0.3) is 0 Å². The zero-order valence-corrected chi connectivity index (χ0v) is 9.43. The number of Topliss-reactive ketones (excluding diaryl/α,β-unsaturated/α-hetero) is 1. The highest BCUT2D eigenvalue weighted by atomic mass is 16.3. The highest BCUT2D eigenvalue weighted by molar-refractivity contribution is 5.79. The van der Waals surface area contributed by atoms with E-state index in [0.717, 1.165) is 12.8 Å². The Bertz CT molecular complexity index is 335. The predicted molar refractivity (Wildman–Crippen MR) is 63.1 cm³/mol. The second-order valence-electron chi connectivity index (χ2n) is 4.63. The molecule has 0 aliphatic heterocycles. The third-order valence-corrected chi connectivity index (χ3v) is 3.42. The van der Waals surface area contributed by atoms with Crippen molar-refractivity contribution >= 4 is 5.78 Å². The molecule has 1 N–H and O–H groups in total. The van der Waals surface area contributed by atoms with E-state index in [1.165, 1.54) is 5.56 Å². The monoisotopic (exact) mass is 218 g/mol. The molecule has 0 bridgehead atoms. The topological polar surface area (TPSA) is 37.3 Å². The molecule has 1 aliphatic rings. The molecule has 0 spiro atoms. The molecule has 2 heteroatoms. The van der Waals surface area contributed by atoms with Crippen molar-refractivity contribution in [2.45, 2.75) is 38.2 Å². The van der Waals surface area contributed by atoms with Crippen molar-refractivity contribution in [2.75, 3.05) is 0 Å². The van der Waals surface area contributed by atoms with Gasteiger partial charge in [-0.1, -0.05) is 30.3 Å². The number of carbonyl (C=O) groups excluding carboxylic acids is 1. The van der Waals surface area contributed by atoms with E-state index < -0.39 is 0 Å². The SMILES string of the molecule is O=C1CCC(C(O)Cc2ccccc2)CC1. The number of carbonyl (C=O) groups is 1. The molecule has 16 heavy (non-hydrogen) atoms. The molecule has 0 heterocycles. The molecule has 0 aromatic heterocycles. The quantitative estimate of drug-likeness (QED) is 0.845. The molecule has 0 saturated heterocycles. The largest absolute Gasteiger partial charge is 0.392 e. The summed E-state index contributed by atoms with van der Waals surface area (Å²) in [6.07, 6.45) is 3.42. The van der Waals surface area contributed by atoms with E-state index in [-0.39, 0.29) is 6.10 Å². The third-order valence-electron chi connectivity index (χ3n) is 3.42. The van der Waals surface area contributed by atoms with E-state index in [1.54, 1.807) is 0 Å². The molecule has 2 nitrogen and oxygen atoms in total. The van der Waals surface area contributed by atoms with Crippen molar-refractivity contribution in [3.05, 3.63) is 35.9 Å². The van der Waals surface area contributed by atoms with Gasteiger partial charge in [0.15, 0.2) is 0 Å². The van der Waals surface area contributed by atoms with Gasteiger partial charge in [-0.15, -0.1) is 0 Å². The summed E-state index contributed by atoms with van der Waals surface area (Å²) in [5, 5.41) is 10.1. The average molecular weight is 218 g/mol. The van der Waals surface area contributed by atoms with E-state index in [9.17, 15) is 9.90 Å². The summed E-state index contributed by atoms with van der Waals surface area (Å²) in [5.74, 6) is 0.654. The van der Waals surface area contributed by atoms with E-state index in [0.29, 0.717) is 31.0 Å². The molecule has 0 amide bonds. The van der Waals surface area contributed by atoms with Crippen LogP contribution in [0.1, 0.15) is 31.2 Å². The van der Waals surface area contributed by atoms with Gasteiger partial charge in [-0.25, -0.2) is 0 Å². The Hall–Kier alpha value is -1.15. The van der Waals surface area contributed by atoms with E-state index in [1.807, 2.05) is 30.3 Å². The number of rotatable bonds is 3. The molecule has 2 rings (SSSR count). The molecule has 1 aliphatic carbocycles. The van der Waals surface area contributed by atoms with Crippen LogP contribution < -0.4 is 0 Å². The van der Waals surface area contributed by atoms with Crippen molar-refractivity contribution in [2.24, 2.45) is 5.92 Å². The van der Waals surface area contributed by atoms with Gasteiger partial charge in [0.1, 0.15) is 5.78 Å². The maximum absolute atomic E-state index is 11.1. The van der Waals surface area contributed by atoms with Gasteiger partial charge in [-0.05, 0) is 30.7 Å². The minimum atomic E-state index is -0.296. The summed E-state index contributed by atoms with van der Waals surface area (Å²) in [6, 6.07) is 10.0. The van der Waals surface area contributed by atoms with Crippen molar-refractivity contribution in [1.82, 2.24) is 0 Å². The highest BCUT2D eigenvalue weighted by Gasteiger charge is 2.24. The molecule has 1 unspecified atom stereocenters. The fourth-order valence-corrected chi connectivity index (χ4v) is 2.37. The number of ketones is 1. The van der Waals surface area contributed by atoms with Gasteiger partial charge in [-0.3, -0.25) is 4.79 Å². The van der Waals surface area contributed by atoms with Crippen LogP contribution in [0.15, 0.2) is 30.3 Å². The van der Waals surface area contributed by atoms with Gasteiger partial charge in [0, 0.05) is 12.8 Å². The smallest absolute Gasteiger partial charge is 0.132 e. The maximum atomic E-state index is 11.1. The van der Waals surface area contributed by atoms with Crippen LogP contribution in [0, 0.1) is 5.92 Å². The zero-order valence-electron chi connectivity index (χ0n) is 9.43. The first-order valence-electron chi connectivity index (χ1n) is 5.99. The Balaban J connectivity index is 1.88. The fraction of sp³-hybridized carbons (Fsp3) is 0.500. The molecule has 1 aromatic carbocycles. The van der Waals surface area contributed by atoms with Crippen LogP contribution in [0.5, 0.6) is 0 Å². The highest BCUT2D eigenvalue weighted by Crippen LogP contribution is 2.26. The number of hydrogen-bond donors (Lipinski definition) is 1. The van der Waals surface area contributed by atoms with Gasteiger partial charge < -0.3 is 5.11 Å². The number of hydrogen-bond acceptors (Lipinski definition) is 2. The number of aliphatic hydroxyl groups excluding tert-OH is 1. The molecular formula is C14H18O2. The normalized spacial score (nSPS) is 19.7. The Morgan fingerprint density at radius 3 is 2.44 bits per heavy atom. The number of aliphatic hydroxyl groups is 1. The van der Waals surface area contributed by atoms with Gasteiger partial charge in [-0.2, -0.15) is 0 Å². The fourth-order valence-electron chi connectivity index (χ4n) is 2.37. The zero-order chi connectivity index (χ0) is 11.4. The van der Waals surface area contributed by atoms with Crippen LogP contribution in [-0.4, -0.2) is 17.0 Å². The summed E-state index contributed by atoms with van der Waals surface area (Å²) in [7, 11) is 0. The van der Waals surface area contributed by atoms with Gasteiger partial charge in [0.2, 0.25) is 0 Å². The van der Waals surface area contributed by atoms with E-state index >= 15 is 0 Å². The Morgan fingerprint density at radius 2 is 1.81 bits per heavy atom. The molecular weight excluding hydrogens is 200 g/mol. The summed E-state index contributed by atoms with van der Waals surface area (Å²) >= 11 is 0. The predicted octanol–water partition coefficient (Wildman–Crippen LogP) is 2.35. The van der Waals surface area contributed by atoms with Crippen LogP contribution in [-0.2, 0) is 11.2 Å². The van der Waals surface area contributed by atoms with Crippen molar-refractivity contribution < 1.29 is 9.90 Å². The Labute approximate surface area is 96.3 Å². The van der Waals surface area contributed by atoms with Crippen LogP contribution in [0.4, 0.5) is 0 Å². The molecule has 1 fully saturated rings. The van der Waals surface area contributed by atoms with Crippen molar-refractivity contribution in [3.8, 4) is 0 Å². The van der Waals surface area contributed by atoms with E-state index in [2.05, 4.69) is 0 Å². The molecule has 1 saturated carbocycles. The second-order valence-corrected chi connectivity index (χ2v) is 4.63. The van der Waals surface area contributed by atoms with Crippen LogP contribution in [0.2, 0.25) is 0 Å². The minimum Gasteiger partial charge on any atom is -0.392 e. The number of benzene rings is 1. The molecule has 86 valence electrons. The first-order valence-corrected chi connectivity index (χ1v) is 5.99. The maximum Gasteiger partial charge on any atom is 0.132 e. The van der Waals surface area contributed by atoms with Crippen LogP contribution >= 0.6 is 0 Å². The lowest BCUT2D eigenvalue weighted by atomic mass is 9.82. The standard InChI is InChI=1S/C14H18O2/c15-13-8-6-12(7-9-13)14(16)10-11-4-2-1-3-5-11/h1-5,12,14,16H,6-10H2. The molecule has 1 atom stereocenters. The summed E-state index contributed by atoms with van der Waals surface area (Å²) in [4.78, 5) is 11.1. The minimum absolute atomic E-state index is 0.296. The summed E-state index contributed by atoms with van der Waals surface area (Å²) < 4.78 is 0. The first-order chi connectivity index (χ1) is 7.75. The second kappa shape index (κ2) is 5.26. The Kier molecular flexibility index (Phi) is 3.73.